The zero-order valence-corrected chi connectivity index (χ0v) is 9.07. The van der Waals surface area contributed by atoms with E-state index in [9.17, 15) is 17.6 Å². The lowest BCUT2D eigenvalue weighted by Gasteiger charge is -2.15. The average Bonchev–Trinajstić information content (AvgIpc) is 1.99. The first-order valence-corrected chi connectivity index (χ1v) is 4.86. The molecule has 0 fully saturated rings. The zero-order chi connectivity index (χ0) is 11.6. The smallest absolute Gasteiger partial charge is 0.324 e. The van der Waals surface area contributed by atoms with Crippen LogP contribution in [0.4, 0.5) is 17.6 Å². The maximum Gasteiger partial charge on any atom is 0.390 e. The fourth-order valence-electron chi connectivity index (χ4n) is 1.16. The van der Waals surface area contributed by atoms with Gasteiger partial charge < -0.3 is 5.73 Å². The first-order valence-electron chi connectivity index (χ1n) is 4.07. The Bertz CT molecular complexity index is 350. The van der Waals surface area contributed by atoms with Gasteiger partial charge in [-0.05, 0) is 12.1 Å². The largest absolute Gasteiger partial charge is 0.390 e. The van der Waals surface area contributed by atoms with Crippen LogP contribution in [0.1, 0.15) is 18.0 Å². The van der Waals surface area contributed by atoms with E-state index < -0.39 is 24.5 Å². The average molecular weight is 286 g/mol. The number of nitrogens with two attached hydrogens (primary N) is 1. The number of hydrogen-bond donors (Lipinski definition) is 1. The number of benzene rings is 1. The van der Waals surface area contributed by atoms with Gasteiger partial charge in [-0.1, -0.05) is 22.0 Å². The lowest BCUT2D eigenvalue weighted by atomic mass is 10.0. The second-order valence-electron chi connectivity index (χ2n) is 3.09. The predicted octanol–water partition coefficient (Wildman–Crippen LogP) is 3.54. The Morgan fingerprint density at radius 3 is 2.40 bits per heavy atom. The van der Waals surface area contributed by atoms with E-state index in [4.69, 9.17) is 5.73 Å². The van der Waals surface area contributed by atoms with Gasteiger partial charge in [-0.3, -0.25) is 0 Å². The molecule has 0 bridgehead atoms. The highest BCUT2D eigenvalue weighted by Gasteiger charge is 2.31. The predicted molar refractivity (Wildman–Crippen MR) is 51.7 cm³/mol. The van der Waals surface area contributed by atoms with Crippen LogP contribution in [0, 0.1) is 5.82 Å². The van der Waals surface area contributed by atoms with Gasteiger partial charge in [0.2, 0.25) is 0 Å². The first kappa shape index (κ1) is 12.4. The molecule has 0 amide bonds. The van der Waals surface area contributed by atoms with Gasteiger partial charge in [0, 0.05) is 16.1 Å². The van der Waals surface area contributed by atoms with Crippen LogP contribution in [0.3, 0.4) is 0 Å². The van der Waals surface area contributed by atoms with Crippen LogP contribution in [-0.4, -0.2) is 6.18 Å². The van der Waals surface area contributed by atoms with E-state index in [1.165, 1.54) is 12.1 Å². The van der Waals surface area contributed by atoms with Crippen LogP contribution in [0.25, 0.3) is 0 Å². The molecule has 1 nitrogen and oxygen atoms in total. The maximum absolute atomic E-state index is 13.2. The summed E-state index contributed by atoms with van der Waals surface area (Å²) >= 11 is 3.00. The Morgan fingerprint density at radius 2 is 1.93 bits per heavy atom. The van der Waals surface area contributed by atoms with Crippen LogP contribution >= 0.6 is 15.9 Å². The number of hydrogen-bond acceptors (Lipinski definition) is 1. The van der Waals surface area contributed by atoms with Crippen molar-refractivity contribution < 1.29 is 17.6 Å². The Balaban J connectivity index is 2.87. The Morgan fingerprint density at radius 1 is 1.33 bits per heavy atom. The molecule has 0 unspecified atom stereocenters. The van der Waals surface area contributed by atoms with E-state index in [-0.39, 0.29) is 5.56 Å². The molecule has 0 radical (unpaired) electrons. The van der Waals surface area contributed by atoms with Crippen LogP contribution in [0.15, 0.2) is 22.7 Å². The van der Waals surface area contributed by atoms with Gasteiger partial charge in [-0.25, -0.2) is 4.39 Å². The molecule has 0 aliphatic rings. The van der Waals surface area contributed by atoms with Gasteiger partial charge in [-0.2, -0.15) is 13.2 Å². The summed E-state index contributed by atoms with van der Waals surface area (Å²) in [6, 6.07) is 2.42. The van der Waals surface area contributed by atoms with Crippen molar-refractivity contribution >= 4 is 15.9 Å². The molecule has 0 saturated carbocycles. The Hall–Kier alpha value is -0.620. The molecule has 1 atom stereocenters. The topological polar surface area (TPSA) is 26.0 Å². The van der Waals surface area contributed by atoms with E-state index in [1.54, 1.807) is 0 Å². The highest BCUT2D eigenvalue weighted by Crippen LogP contribution is 2.29. The third kappa shape index (κ3) is 3.79. The molecule has 0 spiro atoms. The van der Waals surface area contributed by atoms with E-state index >= 15 is 0 Å². The summed E-state index contributed by atoms with van der Waals surface area (Å²) in [6.45, 7) is 0. The molecule has 15 heavy (non-hydrogen) atoms. The van der Waals surface area contributed by atoms with Crippen LogP contribution in [0.5, 0.6) is 0 Å². The number of alkyl halides is 3. The van der Waals surface area contributed by atoms with Crippen molar-refractivity contribution in [3.8, 4) is 0 Å². The summed E-state index contributed by atoms with van der Waals surface area (Å²) in [4.78, 5) is 0. The molecular weight excluding hydrogens is 278 g/mol. The fourth-order valence-corrected chi connectivity index (χ4v) is 1.49. The molecule has 0 aliphatic carbocycles. The lowest BCUT2D eigenvalue weighted by Crippen LogP contribution is -2.21. The van der Waals surface area contributed by atoms with Crippen LogP contribution in [-0.2, 0) is 0 Å². The molecule has 6 heteroatoms. The Labute approximate surface area is 92.4 Å². The minimum absolute atomic E-state index is 0.129. The molecule has 1 aromatic carbocycles. The van der Waals surface area contributed by atoms with Gasteiger partial charge in [0.15, 0.2) is 0 Å². The molecule has 2 N–H and O–H groups in total. The lowest BCUT2D eigenvalue weighted by molar-refractivity contribution is -0.138. The quantitative estimate of drug-likeness (QED) is 0.827. The molecule has 84 valence electrons. The van der Waals surface area contributed by atoms with Crippen LogP contribution < -0.4 is 5.73 Å². The van der Waals surface area contributed by atoms with Crippen LogP contribution in [0.2, 0.25) is 0 Å². The highest BCUT2D eigenvalue weighted by atomic mass is 79.9. The molecule has 0 saturated heterocycles. The standard InChI is InChI=1S/C9H8BrF4N/c10-5-1-2-6(7(11)3-5)8(15)4-9(12,13)14/h1-3,8H,4,15H2/t8-/m1/s1. The minimum Gasteiger partial charge on any atom is -0.324 e. The van der Waals surface area contributed by atoms with Crippen molar-refractivity contribution in [2.75, 3.05) is 0 Å². The normalized spacial score (nSPS) is 14.0. The van der Waals surface area contributed by atoms with Gasteiger partial charge >= 0.3 is 6.18 Å². The summed E-state index contributed by atoms with van der Waals surface area (Å²) < 4.78 is 49.6. The summed E-state index contributed by atoms with van der Waals surface area (Å²) in [5.74, 6) is -0.735. The second-order valence-corrected chi connectivity index (χ2v) is 4.01. The minimum atomic E-state index is -4.39. The van der Waals surface area contributed by atoms with Gasteiger partial charge in [-0.15, -0.1) is 0 Å². The molecular formula is C9H8BrF4N. The van der Waals surface area contributed by atoms with E-state index in [1.807, 2.05) is 0 Å². The van der Waals surface area contributed by atoms with E-state index in [0.717, 1.165) is 6.07 Å². The van der Waals surface area contributed by atoms with E-state index in [0.29, 0.717) is 4.47 Å². The van der Waals surface area contributed by atoms with Gasteiger partial charge in [0.1, 0.15) is 5.82 Å². The maximum atomic E-state index is 13.2. The van der Waals surface area contributed by atoms with Crippen molar-refractivity contribution in [3.63, 3.8) is 0 Å². The summed E-state index contributed by atoms with van der Waals surface area (Å²) in [5, 5.41) is 0. The fraction of sp³-hybridized carbons (Fsp3) is 0.333. The van der Waals surface area contributed by atoms with Crippen molar-refractivity contribution in [1.29, 1.82) is 0 Å². The molecule has 0 heterocycles. The summed E-state index contributed by atoms with van der Waals surface area (Å²) in [6.07, 6.45) is -5.62. The molecule has 1 aromatic rings. The zero-order valence-electron chi connectivity index (χ0n) is 7.48. The van der Waals surface area contributed by atoms with Crippen molar-refractivity contribution in [1.82, 2.24) is 0 Å². The van der Waals surface area contributed by atoms with E-state index in [2.05, 4.69) is 15.9 Å². The third-order valence-electron chi connectivity index (χ3n) is 1.81. The SMILES string of the molecule is N[C@H](CC(F)(F)F)c1ccc(Br)cc1F. The van der Waals surface area contributed by atoms with Gasteiger partial charge in [0.25, 0.3) is 0 Å². The Kier molecular flexibility index (Phi) is 3.72. The molecule has 1 rings (SSSR count). The second kappa shape index (κ2) is 4.49. The molecule has 0 aliphatic heterocycles. The molecule has 0 aromatic heterocycles. The van der Waals surface area contributed by atoms with Crippen molar-refractivity contribution in [3.05, 3.63) is 34.1 Å². The van der Waals surface area contributed by atoms with Crippen molar-refractivity contribution in [2.24, 2.45) is 5.73 Å². The third-order valence-corrected chi connectivity index (χ3v) is 2.31. The highest BCUT2D eigenvalue weighted by molar-refractivity contribution is 9.10. The van der Waals surface area contributed by atoms with Gasteiger partial charge in [0.05, 0.1) is 6.42 Å². The first-order chi connectivity index (χ1) is 6.79. The number of rotatable bonds is 2. The monoisotopic (exact) mass is 285 g/mol. The summed E-state index contributed by atoms with van der Waals surface area (Å²) in [5.41, 5.74) is 5.13. The summed E-state index contributed by atoms with van der Waals surface area (Å²) in [7, 11) is 0. The van der Waals surface area contributed by atoms with Crippen molar-refractivity contribution in [2.45, 2.75) is 18.6 Å². The number of halogens is 5.